The van der Waals surface area contributed by atoms with Gasteiger partial charge < -0.3 is 40.7 Å². The van der Waals surface area contributed by atoms with Gasteiger partial charge in [-0.2, -0.15) is 0 Å². The highest BCUT2D eigenvalue weighted by Crippen LogP contribution is 2.32. The summed E-state index contributed by atoms with van der Waals surface area (Å²) >= 11 is 0. The van der Waals surface area contributed by atoms with Gasteiger partial charge in [-0.15, -0.1) is 5.10 Å². The van der Waals surface area contributed by atoms with Crippen molar-refractivity contribution in [3.05, 3.63) is 53.6 Å². The van der Waals surface area contributed by atoms with E-state index in [-0.39, 0.29) is 18.2 Å². The van der Waals surface area contributed by atoms with Crippen molar-refractivity contribution < 1.29 is 39.8 Å². The molecule has 0 bridgehead atoms. The van der Waals surface area contributed by atoms with E-state index >= 15 is 0 Å². The largest absolute Gasteiger partial charge is 0.508 e. The zero-order valence-electron chi connectivity index (χ0n) is 18.2. The first-order valence-electron chi connectivity index (χ1n) is 10.8. The molecule has 2 aromatic carbocycles. The van der Waals surface area contributed by atoms with Gasteiger partial charge in [0, 0.05) is 0 Å². The molecule has 2 heterocycles. The van der Waals surface area contributed by atoms with Crippen LogP contribution in [0.5, 0.6) is 11.6 Å². The SMILES string of the molecule is NC(=O)Cn1nc(O[C@@H]2O[C@H](CO)[C@@H](O)[C@H](O)[C@H]2O)c2c(CCc3ccc(O)cc3)cccc21. The van der Waals surface area contributed by atoms with Gasteiger partial charge in [0.15, 0.2) is 0 Å². The van der Waals surface area contributed by atoms with E-state index in [2.05, 4.69) is 5.10 Å². The number of nitrogens with two attached hydrogens (primary N) is 1. The molecule has 1 aromatic heterocycles. The molecular formula is C23H27N3O8. The molecular weight excluding hydrogens is 446 g/mol. The Labute approximate surface area is 194 Å². The summed E-state index contributed by atoms with van der Waals surface area (Å²) in [5, 5.41) is 54.3. The second-order valence-electron chi connectivity index (χ2n) is 8.22. The number of primary amides is 1. The molecule has 0 spiro atoms. The Morgan fingerprint density at radius 2 is 1.79 bits per heavy atom. The van der Waals surface area contributed by atoms with Crippen LogP contribution in [0.4, 0.5) is 0 Å². The van der Waals surface area contributed by atoms with Gasteiger partial charge in [0.1, 0.15) is 36.7 Å². The van der Waals surface area contributed by atoms with E-state index in [0.717, 1.165) is 11.1 Å². The number of amides is 1. The molecule has 1 amide bonds. The number of benzene rings is 2. The van der Waals surface area contributed by atoms with E-state index in [1.54, 1.807) is 18.2 Å². The normalized spacial score (nSPS) is 24.9. The number of hydrogen-bond acceptors (Lipinski definition) is 9. The summed E-state index contributed by atoms with van der Waals surface area (Å²) in [7, 11) is 0. The fourth-order valence-corrected chi connectivity index (χ4v) is 4.04. The van der Waals surface area contributed by atoms with Crippen molar-refractivity contribution in [2.24, 2.45) is 5.73 Å². The van der Waals surface area contributed by atoms with Crippen molar-refractivity contribution in [2.45, 2.75) is 50.1 Å². The Hall–Kier alpha value is -3.22. The Morgan fingerprint density at radius 3 is 2.47 bits per heavy atom. The molecule has 1 aliphatic heterocycles. The molecule has 11 heteroatoms. The molecule has 4 rings (SSSR count). The lowest BCUT2D eigenvalue weighted by atomic mass is 9.99. The highest BCUT2D eigenvalue weighted by Gasteiger charge is 2.45. The van der Waals surface area contributed by atoms with Crippen LogP contribution in [0.2, 0.25) is 0 Å². The number of aryl methyl sites for hydroxylation is 2. The molecule has 5 atom stereocenters. The van der Waals surface area contributed by atoms with Gasteiger partial charge in [-0.3, -0.25) is 9.48 Å². The van der Waals surface area contributed by atoms with Crippen LogP contribution < -0.4 is 10.5 Å². The van der Waals surface area contributed by atoms with Gasteiger partial charge in [0.05, 0.1) is 17.5 Å². The number of aliphatic hydroxyl groups is 4. The minimum atomic E-state index is -1.61. The minimum Gasteiger partial charge on any atom is -0.508 e. The zero-order chi connectivity index (χ0) is 24.4. The average molecular weight is 473 g/mol. The number of aromatic hydroxyl groups is 1. The second kappa shape index (κ2) is 9.95. The van der Waals surface area contributed by atoms with Crippen molar-refractivity contribution in [3.8, 4) is 11.6 Å². The Bertz CT molecular complexity index is 1150. The summed E-state index contributed by atoms with van der Waals surface area (Å²) in [5.74, 6) is -0.394. The molecule has 3 aromatic rings. The van der Waals surface area contributed by atoms with Crippen LogP contribution in [0, 0.1) is 0 Å². The van der Waals surface area contributed by atoms with E-state index in [0.29, 0.717) is 23.7 Å². The summed E-state index contributed by atoms with van der Waals surface area (Å²) in [5.41, 5.74) is 7.77. The standard InChI is InChI=1S/C23H27N3O8/c24-17(29)10-26-15-3-1-2-13(7-4-12-5-8-14(28)9-6-12)18(15)22(25-26)34-23-21(32)20(31)19(30)16(11-27)33-23/h1-3,5-6,8-9,16,19-21,23,27-28,30-32H,4,7,10-11H2,(H2,24,29)/t16-,19-,20+,21-,23+/m1/s1. The summed E-state index contributed by atoms with van der Waals surface area (Å²) in [6.07, 6.45) is -6.11. The van der Waals surface area contributed by atoms with E-state index in [1.165, 1.54) is 4.68 Å². The quantitative estimate of drug-likeness (QED) is 0.244. The van der Waals surface area contributed by atoms with Crippen LogP contribution in [0.25, 0.3) is 10.9 Å². The number of phenols is 1. The topological polar surface area (TPSA) is 181 Å². The molecule has 1 fully saturated rings. The van der Waals surface area contributed by atoms with Gasteiger partial charge in [-0.25, -0.2) is 0 Å². The number of ether oxygens (including phenoxy) is 2. The third-order valence-corrected chi connectivity index (χ3v) is 5.83. The predicted octanol–water partition coefficient (Wildman–Crippen LogP) is -0.809. The van der Waals surface area contributed by atoms with Gasteiger partial charge in [0.2, 0.25) is 18.1 Å². The zero-order valence-corrected chi connectivity index (χ0v) is 18.2. The number of phenolic OH excluding ortho intramolecular Hbond substituents is 1. The Kier molecular flexibility index (Phi) is 7.00. The first-order valence-corrected chi connectivity index (χ1v) is 10.8. The first-order chi connectivity index (χ1) is 16.3. The number of hydrogen-bond donors (Lipinski definition) is 6. The molecule has 1 aliphatic rings. The van der Waals surface area contributed by atoms with Crippen molar-refractivity contribution in [3.63, 3.8) is 0 Å². The molecule has 1 saturated heterocycles. The van der Waals surface area contributed by atoms with Crippen LogP contribution in [-0.2, 0) is 28.9 Å². The molecule has 0 unspecified atom stereocenters. The number of carbonyl (C=O) groups excluding carboxylic acids is 1. The third kappa shape index (κ3) is 4.83. The maximum absolute atomic E-state index is 11.6. The molecule has 0 radical (unpaired) electrons. The van der Waals surface area contributed by atoms with Crippen LogP contribution in [0.1, 0.15) is 11.1 Å². The van der Waals surface area contributed by atoms with Crippen LogP contribution >= 0.6 is 0 Å². The highest BCUT2D eigenvalue weighted by molar-refractivity contribution is 5.89. The minimum absolute atomic E-state index is 0.0434. The summed E-state index contributed by atoms with van der Waals surface area (Å²) in [4.78, 5) is 11.6. The average Bonchev–Trinajstić information content (AvgIpc) is 3.16. The Morgan fingerprint density at radius 1 is 1.06 bits per heavy atom. The molecule has 7 N–H and O–H groups in total. The molecule has 0 aliphatic carbocycles. The van der Waals surface area contributed by atoms with Gasteiger partial charge >= 0.3 is 0 Å². The number of aromatic nitrogens is 2. The maximum atomic E-state index is 11.6. The molecule has 182 valence electrons. The van der Waals surface area contributed by atoms with Crippen molar-refractivity contribution >= 4 is 16.8 Å². The number of aliphatic hydroxyl groups excluding tert-OH is 4. The monoisotopic (exact) mass is 473 g/mol. The second-order valence-corrected chi connectivity index (χ2v) is 8.22. The number of carbonyl (C=O) groups is 1. The van der Waals surface area contributed by atoms with Crippen LogP contribution in [-0.4, -0.2) is 78.5 Å². The smallest absolute Gasteiger partial charge is 0.243 e. The Balaban J connectivity index is 1.68. The summed E-state index contributed by atoms with van der Waals surface area (Å²) < 4.78 is 12.7. The van der Waals surface area contributed by atoms with Crippen LogP contribution in [0.3, 0.4) is 0 Å². The highest BCUT2D eigenvalue weighted by atomic mass is 16.7. The third-order valence-electron chi connectivity index (χ3n) is 5.83. The van der Waals surface area contributed by atoms with Crippen LogP contribution in [0.15, 0.2) is 42.5 Å². The summed E-state index contributed by atoms with van der Waals surface area (Å²) in [6.45, 7) is -0.810. The molecule has 11 nitrogen and oxygen atoms in total. The molecule has 34 heavy (non-hydrogen) atoms. The fourth-order valence-electron chi connectivity index (χ4n) is 4.04. The lowest BCUT2D eigenvalue weighted by molar-refractivity contribution is -0.278. The van der Waals surface area contributed by atoms with Gasteiger partial charge in [0.25, 0.3) is 0 Å². The van der Waals surface area contributed by atoms with E-state index in [9.17, 15) is 30.3 Å². The van der Waals surface area contributed by atoms with Crippen molar-refractivity contribution in [1.29, 1.82) is 0 Å². The number of rotatable bonds is 8. The predicted molar refractivity (Wildman–Crippen MR) is 119 cm³/mol. The fraction of sp³-hybridized carbons (Fsp3) is 0.391. The number of nitrogens with zero attached hydrogens (tertiary/aromatic N) is 2. The van der Waals surface area contributed by atoms with E-state index in [1.807, 2.05) is 24.3 Å². The maximum Gasteiger partial charge on any atom is 0.243 e. The summed E-state index contributed by atoms with van der Waals surface area (Å²) in [6, 6.07) is 12.3. The van der Waals surface area contributed by atoms with E-state index in [4.69, 9.17) is 15.2 Å². The number of fused-ring (bicyclic) bond motifs is 1. The molecule has 0 saturated carbocycles. The van der Waals surface area contributed by atoms with Crippen molar-refractivity contribution in [1.82, 2.24) is 9.78 Å². The lowest BCUT2D eigenvalue weighted by Crippen LogP contribution is -2.60. The van der Waals surface area contributed by atoms with Crippen molar-refractivity contribution in [2.75, 3.05) is 6.61 Å². The lowest BCUT2D eigenvalue weighted by Gasteiger charge is -2.39. The first kappa shape index (κ1) is 23.9. The van der Waals surface area contributed by atoms with Gasteiger partial charge in [-0.05, 0) is 42.2 Å². The van der Waals surface area contributed by atoms with Gasteiger partial charge in [-0.1, -0.05) is 24.3 Å². The van der Waals surface area contributed by atoms with E-state index < -0.39 is 43.2 Å².